The summed E-state index contributed by atoms with van der Waals surface area (Å²) in [6.45, 7) is 8.18. The highest BCUT2D eigenvalue weighted by Gasteiger charge is 2.33. The summed E-state index contributed by atoms with van der Waals surface area (Å²) in [6, 6.07) is 17.8. The van der Waals surface area contributed by atoms with Crippen LogP contribution in [0.25, 0.3) is 16.6 Å². The number of ether oxygens (including phenoxy) is 2. The lowest BCUT2D eigenvalue weighted by Gasteiger charge is -2.39. The number of allylic oxidation sites excluding steroid dienone is 1. The van der Waals surface area contributed by atoms with Crippen molar-refractivity contribution in [1.29, 1.82) is 0 Å². The van der Waals surface area contributed by atoms with Crippen LogP contribution in [0.5, 0.6) is 17.2 Å². The molecule has 63 heavy (non-hydrogen) atoms. The van der Waals surface area contributed by atoms with Gasteiger partial charge >= 0.3 is 0 Å². The van der Waals surface area contributed by atoms with Crippen molar-refractivity contribution in [3.05, 3.63) is 111 Å². The highest BCUT2D eigenvalue weighted by molar-refractivity contribution is 7.90. The van der Waals surface area contributed by atoms with Gasteiger partial charge in [0.2, 0.25) is 10.0 Å². The average Bonchev–Trinajstić information content (AvgIpc) is 3.71. The van der Waals surface area contributed by atoms with Crippen LogP contribution in [0.1, 0.15) is 49.0 Å². The number of sulfonamides is 2. The zero-order chi connectivity index (χ0) is 44.7. The topological polar surface area (TPSA) is 218 Å². The van der Waals surface area contributed by atoms with Crippen LogP contribution in [0.2, 0.25) is 5.02 Å². The number of nitro benzene ring substituents is 1. The van der Waals surface area contributed by atoms with Gasteiger partial charge in [-0.2, -0.15) is 0 Å². The van der Waals surface area contributed by atoms with E-state index in [0.717, 1.165) is 68.4 Å². The van der Waals surface area contributed by atoms with Crippen molar-refractivity contribution in [1.82, 2.24) is 24.3 Å². The van der Waals surface area contributed by atoms with Crippen LogP contribution in [-0.2, 0) is 20.0 Å². The number of pyridine rings is 1. The van der Waals surface area contributed by atoms with E-state index in [2.05, 4.69) is 60.5 Å². The first-order chi connectivity index (χ1) is 29.9. The Morgan fingerprint density at radius 2 is 1.81 bits per heavy atom. The van der Waals surface area contributed by atoms with Crippen LogP contribution in [0.4, 0.5) is 17.1 Å². The Bertz CT molecular complexity index is 2840. The number of H-pyrrole nitrogens is 1. The zero-order valence-corrected chi connectivity index (χ0v) is 37.2. The highest BCUT2D eigenvalue weighted by atomic mass is 35.5. The molecule has 0 bridgehead atoms. The summed E-state index contributed by atoms with van der Waals surface area (Å²) < 4.78 is 67.1. The number of hydrogen-bond acceptors (Lipinski definition) is 13. The number of benzene rings is 3. The molecule has 0 spiro atoms. The molecule has 1 amide bonds. The van der Waals surface area contributed by atoms with Crippen molar-refractivity contribution >= 4 is 71.2 Å². The summed E-state index contributed by atoms with van der Waals surface area (Å²) in [5.41, 5.74) is 4.76. The number of halogens is 1. The fraction of sp³-hybridized carbons (Fsp3) is 0.349. The molecule has 1 saturated heterocycles. The van der Waals surface area contributed by atoms with Crippen LogP contribution in [-0.4, -0.2) is 101 Å². The van der Waals surface area contributed by atoms with Gasteiger partial charge in [-0.15, -0.1) is 0 Å². The number of fused-ring (bicyclic) bond motifs is 2. The number of nitro groups is 1. The number of hydrogen-bond donors (Lipinski definition) is 4. The highest BCUT2D eigenvalue weighted by Crippen LogP contribution is 2.44. The number of carbonyl (C=O) groups is 1. The Labute approximate surface area is 370 Å². The number of nitrogens with one attached hydrogen (secondary N) is 4. The van der Waals surface area contributed by atoms with E-state index in [1.165, 1.54) is 29.0 Å². The summed E-state index contributed by atoms with van der Waals surface area (Å²) in [6.07, 6.45) is 7.33. The minimum absolute atomic E-state index is 0.0691. The second-order valence-electron chi connectivity index (χ2n) is 16.8. The average molecular weight is 919 g/mol. The lowest BCUT2D eigenvalue weighted by Crippen LogP contribution is -2.47. The van der Waals surface area contributed by atoms with E-state index < -0.39 is 47.5 Å². The van der Waals surface area contributed by atoms with Gasteiger partial charge in [0.25, 0.3) is 21.6 Å². The largest absolute Gasteiger partial charge is 0.489 e. The van der Waals surface area contributed by atoms with Gasteiger partial charge < -0.3 is 24.7 Å². The van der Waals surface area contributed by atoms with Gasteiger partial charge in [0.1, 0.15) is 23.8 Å². The number of aromatic amines is 1. The van der Waals surface area contributed by atoms with Crippen LogP contribution < -0.4 is 29.1 Å². The van der Waals surface area contributed by atoms with Gasteiger partial charge in [-0.3, -0.25) is 19.8 Å². The monoisotopic (exact) mass is 918 g/mol. The third-order valence-electron chi connectivity index (χ3n) is 11.5. The molecule has 1 fully saturated rings. The van der Waals surface area contributed by atoms with Gasteiger partial charge in [-0.1, -0.05) is 43.2 Å². The number of rotatable bonds is 13. The second kappa shape index (κ2) is 17.4. The van der Waals surface area contributed by atoms with Gasteiger partial charge in [0.05, 0.1) is 33.9 Å². The standard InChI is InChI=1S/C43H47ClN8O9S2/c1-43(2)12-10-29(36(22-43)27-4-6-30(44)7-5-27)25-50-14-16-51(17-15-50)32-8-9-35(38(19-32)61-33-18-28-11-13-45-41(28)46-24-33)42(53)49-63(58,59)34-20-37(52(54)55)40-39(21-34)60-26-31(48-40)23-47-62(3,56)57/h4-9,11,13,18-21,24,31,47-48H,10,12,14-17,22-23,25-26H2,1-3H3,(H,45,46)(H,49,53)/t31-/m0/s1. The molecule has 3 aliphatic rings. The van der Waals surface area contributed by atoms with Crippen LogP contribution >= 0.6 is 11.6 Å². The van der Waals surface area contributed by atoms with E-state index in [1.807, 2.05) is 18.2 Å². The summed E-state index contributed by atoms with van der Waals surface area (Å²) in [4.78, 5) is 36.8. The molecule has 1 atom stereocenters. The first kappa shape index (κ1) is 43.9. The number of carbonyl (C=O) groups excluding carboxylic acids is 1. The van der Waals surface area contributed by atoms with E-state index in [1.54, 1.807) is 24.4 Å². The lowest BCUT2D eigenvalue weighted by atomic mass is 9.72. The molecule has 17 nitrogen and oxygen atoms in total. The van der Waals surface area contributed by atoms with E-state index in [-0.39, 0.29) is 41.3 Å². The summed E-state index contributed by atoms with van der Waals surface area (Å²) in [5, 5.41) is 16.5. The maximum atomic E-state index is 14.0. The van der Waals surface area contributed by atoms with E-state index >= 15 is 0 Å². The molecule has 4 heterocycles. The minimum atomic E-state index is -4.73. The molecule has 332 valence electrons. The maximum Gasteiger partial charge on any atom is 0.297 e. The molecule has 20 heteroatoms. The van der Waals surface area contributed by atoms with Crippen molar-refractivity contribution in [2.75, 3.05) is 62.3 Å². The quantitative estimate of drug-likeness (QED) is 0.0729. The summed E-state index contributed by atoms with van der Waals surface area (Å²) >= 11 is 6.23. The number of nitrogens with zero attached hydrogens (tertiary/aromatic N) is 4. The Hall–Kier alpha value is -5.73. The van der Waals surface area contributed by atoms with Crippen molar-refractivity contribution in [3.8, 4) is 17.2 Å². The predicted molar refractivity (Wildman–Crippen MR) is 241 cm³/mol. The predicted octanol–water partition coefficient (Wildman–Crippen LogP) is 6.54. The third-order valence-corrected chi connectivity index (χ3v) is 13.8. The van der Waals surface area contributed by atoms with Crippen molar-refractivity contribution < 1.29 is 36.0 Å². The maximum absolute atomic E-state index is 14.0. The van der Waals surface area contributed by atoms with Crippen LogP contribution in [0.3, 0.4) is 0 Å². The molecule has 3 aromatic carbocycles. The Morgan fingerprint density at radius 3 is 2.54 bits per heavy atom. The van der Waals surface area contributed by atoms with Gasteiger partial charge in [0.15, 0.2) is 11.4 Å². The number of amides is 1. The molecule has 5 aromatic rings. The number of piperazine rings is 1. The van der Waals surface area contributed by atoms with Crippen molar-refractivity contribution in [2.24, 2.45) is 5.41 Å². The second-order valence-corrected chi connectivity index (χ2v) is 20.8. The molecular formula is C43H47ClN8O9S2. The lowest BCUT2D eigenvalue weighted by molar-refractivity contribution is -0.384. The van der Waals surface area contributed by atoms with Gasteiger partial charge in [-0.05, 0) is 72.2 Å². The smallest absolute Gasteiger partial charge is 0.297 e. The van der Waals surface area contributed by atoms with Crippen LogP contribution in [0.15, 0.2) is 89.6 Å². The Kier molecular flexibility index (Phi) is 12.2. The van der Waals surface area contributed by atoms with E-state index in [0.29, 0.717) is 29.5 Å². The Morgan fingerprint density at radius 1 is 1.05 bits per heavy atom. The van der Waals surface area contributed by atoms with E-state index in [9.17, 15) is 31.7 Å². The SMILES string of the molecule is CC1(C)CCC(CN2CCN(c3ccc(C(=O)NS(=O)(=O)c4cc5c(c([N+](=O)[O-])c4)N[C@@H](CNS(C)(=O)=O)CO5)c(Oc4cnc5[nH]ccc5c4)c3)CC2)=C(c2ccc(Cl)cc2)C1. The fourth-order valence-corrected chi connectivity index (χ4v) is 9.78. The molecule has 0 saturated carbocycles. The molecule has 2 aromatic heterocycles. The van der Waals surface area contributed by atoms with Crippen molar-refractivity contribution in [2.45, 2.75) is 44.0 Å². The molecule has 1 aliphatic carbocycles. The Balaban J connectivity index is 1.02. The first-order valence-corrected chi connectivity index (χ1v) is 24.1. The molecule has 4 N–H and O–H groups in total. The zero-order valence-electron chi connectivity index (χ0n) is 34.8. The van der Waals surface area contributed by atoms with Crippen molar-refractivity contribution in [3.63, 3.8) is 0 Å². The van der Waals surface area contributed by atoms with E-state index in [4.69, 9.17) is 21.1 Å². The van der Waals surface area contributed by atoms with Crippen LogP contribution in [0, 0.1) is 15.5 Å². The molecule has 0 radical (unpaired) electrons. The molecule has 2 aliphatic heterocycles. The van der Waals surface area contributed by atoms with Gasteiger partial charge in [-0.25, -0.2) is 31.3 Å². The number of anilines is 2. The molecule has 0 unspecified atom stereocenters. The summed E-state index contributed by atoms with van der Waals surface area (Å²) in [5.74, 6) is -0.819. The molecular weight excluding hydrogens is 872 g/mol. The minimum Gasteiger partial charge on any atom is -0.489 e. The summed E-state index contributed by atoms with van der Waals surface area (Å²) in [7, 11) is -8.30. The fourth-order valence-electron chi connectivity index (χ4n) is 8.15. The third kappa shape index (κ3) is 10.2. The number of aromatic nitrogens is 2. The first-order valence-electron chi connectivity index (χ1n) is 20.3. The van der Waals surface area contributed by atoms with Gasteiger partial charge in [0, 0.05) is 79.8 Å². The molecule has 8 rings (SSSR count). The normalized spacial score (nSPS) is 18.0.